The Morgan fingerprint density at radius 1 is 1.27 bits per heavy atom. The molecule has 1 nitrogen and oxygen atoms in total. The number of hydrogen-bond donors (Lipinski definition) is 1. The highest BCUT2D eigenvalue weighted by Gasteiger charge is 2.15. The van der Waals surface area contributed by atoms with Crippen molar-refractivity contribution in [2.45, 2.75) is 12.5 Å². The van der Waals surface area contributed by atoms with E-state index in [1.165, 1.54) is 5.57 Å². The Bertz CT molecular complexity index is 279. The monoisotopic (exact) mass is 146 g/mol. The van der Waals surface area contributed by atoms with Crippen LogP contribution in [0.2, 0.25) is 0 Å². The fraction of sp³-hybridized carbons (Fsp3) is 0.200. The summed E-state index contributed by atoms with van der Waals surface area (Å²) in [6.45, 7) is 0. The highest BCUT2D eigenvalue weighted by Crippen LogP contribution is 2.25. The molecule has 11 heavy (non-hydrogen) atoms. The van der Waals surface area contributed by atoms with Crippen molar-refractivity contribution in [3.63, 3.8) is 0 Å². The summed E-state index contributed by atoms with van der Waals surface area (Å²) in [4.78, 5) is 0. The zero-order chi connectivity index (χ0) is 7.68. The minimum absolute atomic E-state index is 0.389. The summed E-state index contributed by atoms with van der Waals surface area (Å²) in [5, 5.41) is 9.47. The summed E-state index contributed by atoms with van der Waals surface area (Å²) in [6.07, 6.45) is 12.4. The van der Waals surface area contributed by atoms with Gasteiger partial charge in [-0.3, -0.25) is 0 Å². The Balaban J connectivity index is 2.41. The summed E-state index contributed by atoms with van der Waals surface area (Å²) in [6, 6.07) is 0. The number of fused-ring (bicyclic) bond motifs is 1. The van der Waals surface area contributed by atoms with E-state index in [2.05, 4.69) is 12.2 Å². The maximum absolute atomic E-state index is 9.47. The molecule has 2 aliphatic rings. The first-order valence-corrected chi connectivity index (χ1v) is 3.80. The van der Waals surface area contributed by atoms with Crippen molar-refractivity contribution < 1.29 is 5.11 Å². The van der Waals surface area contributed by atoms with E-state index in [1.807, 2.05) is 18.2 Å². The zero-order valence-corrected chi connectivity index (χ0v) is 6.20. The van der Waals surface area contributed by atoms with Gasteiger partial charge in [-0.15, -0.1) is 0 Å². The Morgan fingerprint density at radius 3 is 3.00 bits per heavy atom. The maximum Gasteiger partial charge on any atom is 0.0977 e. The van der Waals surface area contributed by atoms with Gasteiger partial charge in [-0.2, -0.15) is 0 Å². The first-order chi connectivity index (χ1) is 5.38. The van der Waals surface area contributed by atoms with Crippen molar-refractivity contribution in [2.75, 3.05) is 0 Å². The second-order valence-corrected chi connectivity index (χ2v) is 2.78. The topological polar surface area (TPSA) is 20.2 Å². The van der Waals surface area contributed by atoms with Crippen LogP contribution in [0, 0.1) is 0 Å². The predicted molar refractivity (Wildman–Crippen MR) is 45.1 cm³/mol. The van der Waals surface area contributed by atoms with Gasteiger partial charge in [0.05, 0.1) is 6.10 Å². The molecule has 0 heterocycles. The quantitative estimate of drug-likeness (QED) is 0.551. The maximum atomic E-state index is 9.47. The molecule has 2 rings (SSSR count). The molecule has 56 valence electrons. The standard InChI is InChI=1S/C10H10O/c11-10-7-3-5-8-4-1-2-6-9(8)10/h1-3,5-7,10-11H,4H2. The fourth-order valence-corrected chi connectivity index (χ4v) is 1.43. The Morgan fingerprint density at radius 2 is 2.18 bits per heavy atom. The summed E-state index contributed by atoms with van der Waals surface area (Å²) in [7, 11) is 0. The van der Waals surface area contributed by atoms with E-state index in [-0.39, 0.29) is 6.10 Å². The number of rotatable bonds is 0. The van der Waals surface area contributed by atoms with E-state index in [0.717, 1.165) is 12.0 Å². The molecule has 1 N–H and O–H groups in total. The molecule has 0 saturated carbocycles. The van der Waals surface area contributed by atoms with Crippen LogP contribution in [0.15, 0.2) is 47.6 Å². The summed E-state index contributed by atoms with van der Waals surface area (Å²) in [5.41, 5.74) is 2.29. The second-order valence-electron chi connectivity index (χ2n) is 2.78. The van der Waals surface area contributed by atoms with Gasteiger partial charge in [0.25, 0.3) is 0 Å². The van der Waals surface area contributed by atoms with E-state index >= 15 is 0 Å². The first kappa shape index (κ1) is 6.62. The van der Waals surface area contributed by atoms with Crippen molar-refractivity contribution in [1.29, 1.82) is 0 Å². The molecular weight excluding hydrogens is 136 g/mol. The number of hydrogen-bond acceptors (Lipinski definition) is 1. The molecule has 1 heteroatoms. The third-order valence-electron chi connectivity index (χ3n) is 2.03. The first-order valence-electron chi connectivity index (χ1n) is 3.80. The number of aliphatic hydroxyl groups is 1. The molecule has 0 aliphatic heterocycles. The Hall–Kier alpha value is -1.08. The molecule has 0 bridgehead atoms. The third-order valence-corrected chi connectivity index (χ3v) is 2.03. The lowest BCUT2D eigenvalue weighted by molar-refractivity contribution is 0.260. The summed E-state index contributed by atoms with van der Waals surface area (Å²) < 4.78 is 0. The number of aliphatic hydroxyl groups excluding tert-OH is 1. The molecule has 0 saturated heterocycles. The van der Waals surface area contributed by atoms with Gasteiger partial charge >= 0.3 is 0 Å². The van der Waals surface area contributed by atoms with Crippen molar-refractivity contribution in [3.8, 4) is 0 Å². The van der Waals surface area contributed by atoms with Crippen LogP contribution in [0.3, 0.4) is 0 Å². The molecule has 2 aliphatic carbocycles. The van der Waals surface area contributed by atoms with Crippen LogP contribution >= 0.6 is 0 Å². The van der Waals surface area contributed by atoms with Gasteiger partial charge in [0.2, 0.25) is 0 Å². The predicted octanol–water partition coefficient (Wildman–Crippen LogP) is 1.73. The normalized spacial score (nSPS) is 27.5. The molecule has 0 aromatic rings. The average molecular weight is 146 g/mol. The molecule has 0 spiro atoms. The van der Waals surface area contributed by atoms with Gasteiger partial charge in [0.1, 0.15) is 0 Å². The number of allylic oxidation sites excluding steroid dienone is 5. The largest absolute Gasteiger partial charge is 0.384 e. The van der Waals surface area contributed by atoms with E-state index < -0.39 is 0 Å². The van der Waals surface area contributed by atoms with Crippen LogP contribution in [0.1, 0.15) is 6.42 Å². The molecule has 0 radical (unpaired) electrons. The van der Waals surface area contributed by atoms with Crippen LogP contribution in [0.4, 0.5) is 0 Å². The van der Waals surface area contributed by atoms with Crippen molar-refractivity contribution in [2.24, 2.45) is 0 Å². The smallest absolute Gasteiger partial charge is 0.0977 e. The molecule has 0 aromatic carbocycles. The van der Waals surface area contributed by atoms with Crippen molar-refractivity contribution in [3.05, 3.63) is 47.6 Å². The van der Waals surface area contributed by atoms with Crippen LogP contribution in [0.5, 0.6) is 0 Å². The van der Waals surface area contributed by atoms with Gasteiger partial charge in [0, 0.05) is 0 Å². The van der Waals surface area contributed by atoms with Crippen LogP contribution in [-0.4, -0.2) is 11.2 Å². The van der Waals surface area contributed by atoms with Crippen molar-refractivity contribution in [1.82, 2.24) is 0 Å². The Kier molecular flexibility index (Phi) is 1.51. The summed E-state index contributed by atoms with van der Waals surface area (Å²) >= 11 is 0. The Labute approximate surface area is 66.0 Å². The lowest BCUT2D eigenvalue weighted by atomic mass is 9.90. The minimum Gasteiger partial charge on any atom is -0.384 e. The molecule has 0 aromatic heterocycles. The molecular formula is C10H10O. The van der Waals surface area contributed by atoms with Crippen LogP contribution < -0.4 is 0 Å². The van der Waals surface area contributed by atoms with Gasteiger partial charge in [-0.05, 0) is 17.6 Å². The van der Waals surface area contributed by atoms with E-state index in [0.29, 0.717) is 0 Å². The highest BCUT2D eigenvalue weighted by atomic mass is 16.3. The molecule has 0 fully saturated rings. The van der Waals surface area contributed by atoms with Gasteiger partial charge < -0.3 is 5.11 Å². The van der Waals surface area contributed by atoms with Gasteiger partial charge in [-0.25, -0.2) is 0 Å². The second kappa shape index (κ2) is 2.51. The third kappa shape index (κ3) is 1.08. The SMILES string of the molecule is OC1C=CC=C2CC=CC=C21. The lowest BCUT2D eigenvalue weighted by Crippen LogP contribution is -2.12. The lowest BCUT2D eigenvalue weighted by Gasteiger charge is -2.19. The van der Waals surface area contributed by atoms with Gasteiger partial charge in [-0.1, -0.05) is 36.5 Å². The average Bonchev–Trinajstić information content (AvgIpc) is 2.06. The van der Waals surface area contributed by atoms with Crippen molar-refractivity contribution >= 4 is 0 Å². The van der Waals surface area contributed by atoms with Gasteiger partial charge in [0.15, 0.2) is 0 Å². The molecule has 1 unspecified atom stereocenters. The highest BCUT2D eigenvalue weighted by molar-refractivity contribution is 5.47. The van der Waals surface area contributed by atoms with E-state index in [1.54, 1.807) is 6.08 Å². The van der Waals surface area contributed by atoms with Crippen LogP contribution in [-0.2, 0) is 0 Å². The summed E-state index contributed by atoms with van der Waals surface area (Å²) in [5.74, 6) is 0. The minimum atomic E-state index is -0.389. The van der Waals surface area contributed by atoms with E-state index in [9.17, 15) is 5.11 Å². The van der Waals surface area contributed by atoms with Crippen LogP contribution in [0.25, 0.3) is 0 Å². The van der Waals surface area contributed by atoms with E-state index in [4.69, 9.17) is 0 Å². The fourth-order valence-electron chi connectivity index (χ4n) is 1.43. The molecule has 0 amide bonds. The zero-order valence-electron chi connectivity index (χ0n) is 6.20. The molecule has 1 atom stereocenters.